The quantitative estimate of drug-likeness (QED) is 0.719. The number of imidazole rings is 1. The van der Waals surface area contributed by atoms with E-state index < -0.39 is 0 Å². The van der Waals surface area contributed by atoms with Crippen LogP contribution in [0.2, 0.25) is 0 Å². The first-order valence-electron chi connectivity index (χ1n) is 6.97. The number of hydrogen-bond donors (Lipinski definition) is 0. The third kappa shape index (κ3) is 2.62. The van der Waals surface area contributed by atoms with Gasteiger partial charge in [0.05, 0.1) is 0 Å². The molecule has 0 fully saturated rings. The molecule has 2 aromatic rings. The average Bonchev–Trinajstić information content (AvgIpc) is 2.66. The van der Waals surface area contributed by atoms with Crippen molar-refractivity contribution in [3.8, 4) is 0 Å². The molecule has 0 saturated heterocycles. The molecule has 1 heterocycles. The fourth-order valence-corrected chi connectivity index (χ4v) is 3.13. The molecule has 98 valence electrons. The van der Waals surface area contributed by atoms with Crippen LogP contribution in [0.1, 0.15) is 39.5 Å². The monoisotopic (exact) mass is 310 g/mol. The summed E-state index contributed by atoms with van der Waals surface area (Å²) in [6.45, 7) is 6.71. The van der Waals surface area contributed by atoms with Crippen LogP contribution in [0.3, 0.4) is 0 Å². The van der Waals surface area contributed by atoms with E-state index in [1.54, 1.807) is 0 Å². The molecule has 1 aromatic heterocycles. The Balaban J connectivity index is 2.49. The van der Waals surface area contributed by atoms with Gasteiger partial charge >= 0.3 is 117 Å². The third-order valence-electron chi connectivity index (χ3n) is 3.40. The number of nitrogens with zero attached hydrogens (tertiary/aromatic N) is 2. The maximum absolute atomic E-state index is 3.27. The summed E-state index contributed by atoms with van der Waals surface area (Å²) < 4.78 is 6.13. The van der Waals surface area contributed by atoms with Gasteiger partial charge in [-0.3, -0.25) is 0 Å². The Kier molecular flexibility index (Phi) is 4.85. The van der Waals surface area contributed by atoms with Gasteiger partial charge in [-0.15, -0.1) is 0 Å². The van der Waals surface area contributed by atoms with Crippen molar-refractivity contribution >= 4 is 26.6 Å². The van der Waals surface area contributed by atoms with E-state index in [1.807, 2.05) is 0 Å². The number of rotatable bonds is 6. The minimum atomic E-state index is 1.11. The average molecular weight is 309 g/mol. The Labute approximate surface area is 117 Å². The summed E-state index contributed by atoms with van der Waals surface area (Å²) in [6, 6.07) is 8.73. The van der Waals surface area contributed by atoms with E-state index in [9.17, 15) is 0 Å². The van der Waals surface area contributed by atoms with E-state index in [-0.39, 0.29) is 0 Å². The molecule has 0 radical (unpaired) electrons. The molecule has 0 N–H and O–H groups in total. The number of fused-ring (bicyclic) bond motifs is 1. The number of unbranched alkanes of at least 4 members (excludes halogenated alkanes) is 2. The molecule has 2 nitrogen and oxygen atoms in total. The van der Waals surface area contributed by atoms with Gasteiger partial charge in [-0.2, -0.15) is 0 Å². The SMILES string of the molecule is CCCCn1c(=[Se])n(CCCC)c2ccccc21. The predicted molar refractivity (Wildman–Crippen MR) is 78.7 cm³/mol. The van der Waals surface area contributed by atoms with Crippen LogP contribution in [-0.4, -0.2) is 24.7 Å². The number of aromatic nitrogens is 2. The zero-order valence-corrected chi connectivity index (χ0v) is 13.1. The van der Waals surface area contributed by atoms with Crippen LogP contribution in [0, 0.1) is 4.32 Å². The first kappa shape index (κ1) is 13.6. The van der Waals surface area contributed by atoms with E-state index >= 15 is 0 Å². The van der Waals surface area contributed by atoms with Gasteiger partial charge in [-0.1, -0.05) is 0 Å². The van der Waals surface area contributed by atoms with Crippen LogP contribution >= 0.6 is 0 Å². The fourth-order valence-electron chi connectivity index (χ4n) is 2.34. The number of benzene rings is 1. The summed E-state index contributed by atoms with van der Waals surface area (Å²) in [4.78, 5) is 0. The Hall–Kier alpha value is -0.791. The van der Waals surface area contributed by atoms with Crippen molar-refractivity contribution in [3.05, 3.63) is 28.6 Å². The molecular formula is C15H22N2Se. The Bertz CT molecular complexity index is 517. The molecule has 0 atom stereocenters. The van der Waals surface area contributed by atoms with E-state index in [0.29, 0.717) is 0 Å². The first-order valence-corrected chi connectivity index (χ1v) is 7.83. The Morgan fingerprint density at radius 1 is 0.889 bits per heavy atom. The van der Waals surface area contributed by atoms with E-state index in [1.165, 1.54) is 41.0 Å². The summed E-state index contributed by atoms with van der Waals surface area (Å²) in [5.74, 6) is 0. The molecule has 3 heteroatoms. The van der Waals surface area contributed by atoms with E-state index in [0.717, 1.165) is 13.1 Å². The third-order valence-corrected chi connectivity index (χ3v) is 4.32. The van der Waals surface area contributed by atoms with Gasteiger partial charge in [0.2, 0.25) is 0 Å². The van der Waals surface area contributed by atoms with Crippen LogP contribution in [0.5, 0.6) is 0 Å². The topological polar surface area (TPSA) is 9.86 Å². The fraction of sp³-hybridized carbons (Fsp3) is 0.533. The summed E-state index contributed by atoms with van der Waals surface area (Å²) >= 11 is 3.27. The molecule has 18 heavy (non-hydrogen) atoms. The molecule has 0 aliphatic heterocycles. The van der Waals surface area contributed by atoms with Crippen molar-refractivity contribution in [3.63, 3.8) is 0 Å². The van der Waals surface area contributed by atoms with Crippen molar-refractivity contribution in [2.24, 2.45) is 0 Å². The van der Waals surface area contributed by atoms with Crippen molar-refractivity contribution in [1.82, 2.24) is 9.13 Å². The van der Waals surface area contributed by atoms with Gasteiger partial charge in [0, 0.05) is 0 Å². The Morgan fingerprint density at radius 2 is 1.33 bits per heavy atom. The number of hydrogen-bond acceptors (Lipinski definition) is 0. The summed E-state index contributed by atoms with van der Waals surface area (Å²) in [7, 11) is 0. The van der Waals surface area contributed by atoms with E-state index in [4.69, 9.17) is 0 Å². The van der Waals surface area contributed by atoms with Crippen LogP contribution in [-0.2, 0) is 13.1 Å². The molecule has 0 saturated carbocycles. The van der Waals surface area contributed by atoms with Crippen molar-refractivity contribution in [1.29, 1.82) is 0 Å². The van der Waals surface area contributed by atoms with Gasteiger partial charge < -0.3 is 0 Å². The first-order chi connectivity index (χ1) is 8.79. The van der Waals surface area contributed by atoms with Gasteiger partial charge in [0.25, 0.3) is 0 Å². The van der Waals surface area contributed by atoms with E-state index in [2.05, 4.69) is 62.8 Å². The second kappa shape index (κ2) is 6.40. The van der Waals surface area contributed by atoms with Crippen molar-refractivity contribution in [2.75, 3.05) is 0 Å². The molecule has 0 unspecified atom stereocenters. The molecular weight excluding hydrogens is 287 g/mol. The molecule has 1 aromatic carbocycles. The number of para-hydroxylation sites is 2. The van der Waals surface area contributed by atoms with Crippen LogP contribution in [0.4, 0.5) is 0 Å². The van der Waals surface area contributed by atoms with Gasteiger partial charge in [-0.25, -0.2) is 0 Å². The molecule has 0 aliphatic carbocycles. The summed E-state index contributed by atoms with van der Waals surface area (Å²) in [5.41, 5.74) is 2.71. The van der Waals surface area contributed by atoms with Gasteiger partial charge in [0.1, 0.15) is 0 Å². The van der Waals surface area contributed by atoms with Crippen LogP contribution < -0.4 is 0 Å². The molecule has 2 rings (SSSR count). The second-order valence-corrected chi connectivity index (χ2v) is 5.55. The Morgan fingerprint density at radius 3 is 1.72 bits per heavy atom. The molecule has 0 aliphatic rings. The maximum atomic E-state index is 3.27. The standard InChI is InChI=1S/C15H22N2Se/c1-3-5-11-16-13-9-7-8-10-14(13)17(15(16)18)12-6-4-2/h7-10H,3-6,11-12H2,1-2H3. The number of aryl methyl sites for hydroxylation is 2. The van der Waals surface area contributed by atoms with Crippen molar-refractivity contribution in [2.45, 2.75) is 52.6 Å². The zero-order chi connectivity index (χ0) is 13.0. The molecule has 0 spiro atoms. The second-order valence-electron chi connectivity index (χ2n) is 4.78. The predicted octanol–water partition coefficient (Wildman–Crippen LogP) is 3.74. The van der Waals surface area contributed by atoms with Crippen molar-refractivity contribution < 1.29 is 0 Å². The summed E-state index contributed by atoms with van der Waals surface area (Å²) in [6.07, 6.45) is 4.95. The van der Waals surface area contributed by atoms with Gasteiger partial charge in [0.15, 0.2) is 0 Å². The minimum absolute atomic E-state index is 1.11. The molecule has 0 bridgehead atoms. The molecule has 0 amide bonds. The van der Waals surface area contributed by atoms with Gasteiger partial charge in [-0.05, 0) is 0 Å². The normalized spacial score (nSPS) is 11.2. The zero-order valence-electron chi connectivity index (χ0n) is 11.4. The van der Waals surface area contributed by atoms with Crippen LogP contribution in [0.25, 0.3) is 11.0 Å². The summed E-state index contributed by atoms with van der Waals surface area (Å²) in [5, 5.41) is 0. The van der Waals surface area contributed by atoms with Crippen LogP contribution in [0.15, 0.2) is 24.3 Å².